The zero-order chi connectivity index (χ0) is 14.8. The van der Waals surface area contributed by atoms with Gasteiger partial charge in [-0.15, -0.1) is 0 Å². The van der Waals surface area contributed by atoms with Crippen molar-refractivity contribution in [1.82, 2.24) is 0 Å². The number of hydrogen-bond acceptors (Lipinski definition) is 3. The van der Waals surface area contributed by atoms with Crippen LogP contribution in [-0.2, 0) is 0 Å². The number of allylic oxidation sites excluding steroid dienone is 2. The predicted molar refractivity (Wildman–Crippen MR) is 82.4 cm³/mol. The van der Waals surface area contributed by atoms with Gasteiger partial charge in [0.25, 0.3) is 0 Å². The largest absolute Gasteiger partial charge is 0.391 e. The normalized spacial score (nSPS) is 55.4. The monoisotopic (exact) mass is 289 g/mol. The van der Waals surface area contributed by atoms with Crippen LogP contribution in [0.3, 0.4) is 0 Å². The van der Waals surface area contributed by atoms with E-state index in [2.05, 4.69) is 19.1 Å². The second-order valence-electron chi connectivity index (χ2n) is 8.00. The molecule has 0 aliphatic heterocycles. The van der Waals surface area contributed by atoms with Gasteiger partial charge in [-0.1, -0.05) is 30.7 Å². The van der Waals surface area contributed by atoms with Crippen molar-refractivity contribution >= 4 is 0 Å². The summed E-state index contributed by atoms with van der Waals surface area (Å²) in [7, 11) is 0. The van der Waals surface area contributed by atoms with Gasteiger partial charge in [0.1, 0.15) is 0 Å². The molecular formula is C18H27NO2. The minimum absolute atomic E-state index is 0.0578. The predicted octanol–water partition coefficient (Wildman–Crippen LogP) is 1.99. The zero-order valence-corrected chi connectivity index (χ0v) is 12.8. The summed E-state index contributed by atoms with van der Waals surface area (Å²) in [6.45, 7) is 2.30. The Kier molecular flexibility index (Phi) is 3.11. The van der Waals surface area contributed by atoms with E-state index in [-0.39, 0.29) is 23.7 Å². The molecule has 21 heavy (non-hydrogen) atoms. The van der Waals surface area contributed by atoms with Gasteiger partial charge < -0.3 is 15.9 Å². The molecule has 0 bridgehead atoms. The van der Waals surface area contributed by atoms with E-state index in [4.69, 9.17) is 5.73 Å². The first-order valence-electron chi connectivity index (χ1n) is 8.49. The van der Waals surface area contributed by atoms with Crippen molar-refractivity contribution in [2.24, 2.45) is 34.8 Å². The number of nitrogens with two attached hydrogens (primary N) is 1. The van der Waals surface area contributed by atoms with E-state index >= 15 is 0 Å². The average Bonchev–Trinajstić information content (AvgIpc) is 2.70. The van der Waals surface area contributed by atoms with Crippen LogP contribution < -0.4 is 5.73 Å². The summed E-state index contributed by atoms with van der Waals surface area (Å²) >= 11 is 0. The lowest BCUT2D eigenvalue weighted by Crippen LogP contribution is -2.50. The molecule has 4 rings (SSSR count). The van der Waals surface area contributed by atoms with Crippen LogP contribution >= 0.6 is 0 Å². The van der Waals surface area contributed by atoms with Crippen molar-refractivity contribution < 1.29 is 10.2 Å². The Balaban J connectivity index is 1.65. The molecule has 0 unspecified atom stereocenters. The molecule has 0 heterocycles. The Morgan fingerprint density at radius 3 is 2.86 bits per heavy atom. The third-order valence-corrected chi connectivity index (χ3v) is 7.13. The lowest BCUT2D eigenvalue weighted by molar-refractivity contribution is 0.0123. The lowest BCUT2D eigenvalue weighted by atomic mass is 9.53. The molecule has 3 nitrogen and oxygen atoms in total. The molecule has 0 spiro atoms. The molecule has 4 aliphatic carbocycles. The standard InChI is InChI=1S/C18H27NO2/c1-18-7-6-13-12-5-3-11(20)8-10(12)2-4-14(13)15(18)9-16(21)17(18)19/h2-3,5,11-17,20-21H,4,6-9,19H2,1H3/t11-,12+,13-,14-,15+,16-,17+,18+/m1/s1. The van der Waals surface area contributed by atoms with Gasteiger partial charge in [-0.2, -0.15) is 0 Å². The average molecular weight is 289 g/mol. The Morgan fingerprint density at radius 1 is 1.24 bits per heavy atom. The fraction of sp³-hybridized carbons (Fsp3) is 0.778. The number of hydrogen-bond donors (Lipinski definition) is 3. The van der Waals surface area contributed by atoms with Crippen molar-refractivity contribution in [1.29, 1.82) is 0 Å². The maximum atomic E-state index is 10.3. The minimum atomic E-state index is -0.326. The maximum absolute atomic E-state index is 10.3. The first-order valence-corrected chi connectivity index (χ1v) is 8.49. The summed E-state index contributed by atoms with van der Waals surface area (Å²) in [6, 6.07) is -0.0578. The van der Waals surface area contributed by atoms with Gasteiger partial charge in [-0.3, -0.25) is 0 Å². The molecule has 0 aromatic carbocycles. The molecule has 0 saturated heterocycles. The van der Waals surface area contributed by atoms with E-state index in [1.165, 1.54) is 12.0 Å². The van der Waals surface area contributed by atoms with Crippen molar-refractivity contribution in [2.75, 3.05) is 0 Å². The van der Waals surface area contributed by atoms with E-state index in [1.807, 2.05) is 6.08 Å². The molecule has 2 fully saturated rings. The third kappa shape index (κ3) is 1.90. The van der Waals surface area contributed by atoms with Gasteiger partial charge in [0.2, 0.25) is 0 Å². The third-order valence-electron chi connectivity index (χ3n) is 7.13. The summed E-state index contributed by atoms with van der Waals surface area (Å²) in [5.74, 6) is 2.41. The van der Waals surface area contributed by atoms with E-state index in [0.717, 1.165) is 25.7 Å². The second-order valence-corrected chi connectivity index (χ2v) is 8.00. The van der Waals surface area contributed by atoms with Crippen LogP contribution in [0.1, 0.15) is 39.0 Å². The summed E-state index contributed by atoms with van der Waals surface area (Å²) in [6.07, 6.45) is 11.1. The van der Waals surface area contributed by atoms with Crippen LogP contribution in [0.5, 0.6) is 0 Å². The molecule has 0 aromatic heterocycles. The van der Waals surface area contributed by atoms with Crippen LogP contribution in [0.2, 0.25) is 0 Å². The zero-order valence-electron chi connectivity index (χ0n) is 12.8. The Hall–Kier alpha value is -0.640. The van der Waals surface area contributed by atoms with E-state index in [1.54, 1.807) is 0 Å². The van der Waals surface area contributed by atoms with Gasteiger partial charge in [-0.25, -0.2) is 0 Å². The molecule has 4 N–H and O–H groups in total. The van der Waals surface area contributed by atoms with Gasteiger partial charge in [0, 0.05) is 12.0 Å². The van der Waals surface area contributed by atoms with Gasteiger partial charge in [0.05, 0.1) is 12.2 Å². The summed E-state index contributed by atoms with van der Waals surface area (Å²) in [5, 5.41) is 20.1. The van der Waals surface area contributed by atoms with Crippen LogP contribution in [0.4, 0.5) is 0 Å². The Labute approximate surface area is 126 Å². The van der Waals surface area contributed by atoms with Crippen molar-refractivity contribution in [3.05, 3.63) is 23.8 Å². The van der Waals surface area contributed by atoms with E-state index < -0.39 is 0 Å². The molecule has 3 heteroatoms. The highest BCUT2D eigenvalue weighted by atomic mass is 16.3. The van der Waals surface area contributed by atoms with Gasteiger partial charge >= 0.3 is 0 Å². The number of aliphatic hydroxyl groups is 2. The maximum Gasteiger partial charge on any atom is 0.0758 e. The van der Waals surface area contributed by atoms with Crippen molar-refractivity contribution in [2.45, 2.75) is 57.3 Å². The van der Waals surface area contributed by atoms with E-state index in [0.29, 0.717) is 23.7 Å². The molecule has 0 aromatic rings. The first kappa shape index (κ1) is 14.0. The summed E-state index contributed by atoms with van der Waals surface area (Å²) in [4.78, 5) is 0. The topological polar surface area (TPSA) is 66.5 Å². The number of aliphatic hydroxyl groups excluding tert-OH is 2. The smallest absolute Gasteiger partial charge is 0.0758 e. The van der Waals surface area contributed by atoms with Crippen molar-refractivity contribution in [3.63, 3.8) is 0 Å². The quantitative estimate of drug-likeness (QED) is 0.598. The highest BCUT2D eigenvalue weighted by Crippen LogP contribution is 2.60. The fourth-order valence-electron chi connectivity index (χ4n) is 5.90. The molecule has 116 valence electrons. The van der Waals surface area contributed by atoms with Crippen LogP contribution in [0, 0.1) is 29.1 Å². The first-order chi connectivity index (χ1) is 10.0. The van der Waals surface area contributed by atoms with Gasteiger partial charge in [-0.05, 0) is 55.3 Å². The van der Waals surface area contributed by atoms with Gasteiger partial charge in [0.15, 0.2) is 0 Å². The number of rotatable bonds is 0. The van der Waals surface area contributed by atoms with Crippen LogP contribution in [0.15, 0.2) is 23.8 Å². The number of fused-ring (bicyclic) bond motifs is 5. The summed E-state index contributed by atoms with van der Waals surface area (Å²) in [5.41, 5.74) is 7.88. The molecule has 8 atom stereocenters. The second kappa shape index (κ2) is 4.68. The Bertz CT molecular complexity index is 499. The summed E-state index contributed by atoms with van der Waals surface area (Å²) < 4.78 is 0. The molecule has 0 radical (unpaired) electrons. The molecule has 4 aliphatic rings. The molecule has 0 amide bonds. The van der Waals surface area contributed by atoms with Crippen LogP contribution in [0.25, 0.3) is 0 Å². The molecular weight excluding hydrogens is 262 g/mol. The lowest BCUT2D eigenvalue weighted by Gasteiger charge is -2.52. The van der Waals surface area contributed by atoms with Crippen LogP contribution in [-0.4, -0.2) is 28.5 Å². The molecule has 2 saturated carbocycles. The Morgan fingerprint density at radius 2 is 2.05 bits per heavy atom. The fourth-order valence-corrected chi connectivity index (χ4v) is 5.90. The minimum Gasteiger partial charge on any atom is -0.391 e. The van der Waals surface area contributed by atoms with Crippen molar-refractivity contribution in [3.8, 4) is 0 Å². The highest BCUT2D eigenvalue weighted by molar-refractivity contribution is 5.27. The van der Waals surface area contributed by atoms with E-state index in [9.17, 15) is 10.2 Å². The SMILES string of the molecule is C[C@]12CC[C@H]3[C@@H](CC=C4C[C@H](O)C=C[C@@H]43)[C@@H]1C[C@@H](O)[C@@H]2N. The highest BCUT2D eigenvalue weighted by Gasteiger charge is 2.57.